The number of halogens is 2. The van der Waals surface area contributed by atoms with Crippen molar-refractivity contribution in [3.8, 4) is 0 Å². The molecule has 2 aromatic carbocycles. The van der Waals surface area contributed by atoms with Crippen molar-refractivity contribution in [2.75, 3.05) is 6.54 Å². The van der Waals surface area contributed by atoms with Crippen molar-refractivity contribution in [1.29, 1.82) is 0 Å². The molecule has 1 aliphatic rings. The Bertz CT molecular complexity index is 622. The third-order valence-corrected chi connectivity index (χ3v) is 4.65. The fourth-order valence-corrected chi connectivity index (χ4v) is 3.66. The quantitative estimate of drug-likeness (QED) is 0.739. The van der Waals surface area contributed by atoms with Crippen LogP contribution in [-0.4, -0.2) is 11.4 Å². The summed E-state index contributed by atoms with van der Waals surface area (Å²) in [4.78, 5) is 2.47. The predicted octanol–water partition coefficient (Wildman–Crippen LogP) is 4.97. The third-order valence-electron chi connectivity index (χ3n) is 3.86. The van der Waals surface area contributed by atoms with E-state index in [0.29, 0.717) is 0 Å². The number of aryl methyl sites for hydroxylation is 1. The maximum absolute atomic E-state index is 6.38. The molecule has 0 radical (unpaired) electrons. The van der Waals surface area contributed by atoms with E-state index >= 15 is 0 Å². The van der Waals surface area contributed by atoms with Crippen LogP contribution in [0.2, 0.25) is 5.02 Å². The van der Waals surface area contributed by atoms with E-state index in [9.17, 15) is 0 Å². The van der Waals surface area contributed by atoms with E-state index in [1.807, 2.05) is 6.07 Å². The number of hydrogen-bond donors (Lipinski definition) is 0. The zero-order chi connectivity index (χ0) is 14.1. The van der Waals surface area contributed by atoms with Gasteiger partial charge in [-0.2, -0.15) is 0 Å². The van der Waals surface area contributed by atoms with Crippen LogP contribution in [-0.2, 0) is 19.5 Å². The Kier molecular flexibility index (Phi) is 4.16. The molecule has 3 rings (SSSR count). The van der Waals surface area contributed by atoms with Crippen LogP contribution in [0.15, 0.2) is 40.9 Å². The Labute approximate surface area is 133 Å². The first-order chi connectivity index (χ1) is 9.61. The Morgan fingerprint density at radius 1 is 1.20 bits per heavy atom. The van der Waals surface area contributed by atoms with Gasteiger partial charge < -0.3 is 0 Å². The second kappa shape index (κ2) is 5.88. The highest BCUT2D eigenvalue weighted by molar-refractivity contribution is 9.10. The van der Waals surface area contributed by atoms with E-state index in [1.54, 1.807) is 0 Å². The molecule has 0 spiro atoms. The summed E-state index contributed by atoms with van der Waals surface area (Å²) in [5, 5.41) is 0.878. The fourth-order valence-electron chi connectivity index (χ4n) is 2.72. The summed E-state index contributed by atoms with van der Waals surface area (Å²) in [6.45, 7) is 5.15. The van der Waals surface area contributed by atoms with Gasteiger partial charge in [-0.15, -0.1) is 0 Å². The molecule has 1 nitrogen and oxygen atoms in total. The van der Waals surface area contributed by atoms with Crippen LogP contribution in [0.5, 0.6) is 0 Å². The molecule has 0 fully saturated rings. The molecule has 3 heteroatoms. The largest absolute Gasteiger partial charge is 0.294 e. The van der Waals surface area contributed by atoms with E-state index in [1.165, 1.54) is 22.3 Å². The van der Waals surface area contributed by atoms with Gasteiger partial charge in [0, 0.05) is 29.1 Å². The molecule has 20 heavy (non-hydrogen) atoms. The second-order valence-electron chi connectivity index (χ2n) is 5.47. The lowest BCUT2D eigenvalue weighted by Crippen LogP contribution is -2.30. The van der Waals surface area contributed by atoms with Crippen molar-refractivity contribution in [2.45, 2.75) is 26.4 Å². The van der Waals surface area contributed by atoms with Crippen molar-refractivity contribution in [3.63, 3.8) is 0 Å². The van der Waals surface area contributed by atoms with Gasteiger partial charge in [-0.25, -0.2) is 0 Å². The molecule has 0 atom stereocenters. The molecule has 0 saturated heterocycles. The lowest BCUT2D eigenvalue weighted by Gasteiger charge is -2.29. The second-order valence-corrected chi connectivity index (χ2v) is 6.79. The predicted molar refractivity (Wildman–Crippen MR) is 88.1 cm³/mol. The van der Waals surface area contributed by atoms with Gasteiger partial charge in [0.05, 0.1) is 0 Å². The topological polar surface area (TPSA) is 3.24 Å². The average Bonchev–Trinajstić information content (AvgIpc) is 2.42. The molecule has 0 N–H and O–H groups in total. The van der Waals surface area contributed by atoms with E-state index in [4.69, 9.17) is 11.6 Å². The van der Waals surface area contributed by atoms with Crippen molar-refractivity contribution in [1.82, 2.24) is 4.90 Å². The van der Waals surface area contributed by atoms with Crippen molar-refractivity contribution in [2.24, 2.45) is 0 Å². The van der Waals surface area contributed by atoms with Gasteiger partial charge in [0.2, 0.25) is 0 Å². The first-order valence-corrected chi connectivity index (χ1v) is 8.03. The van der Waals surface area contributed by atoms with Crippen LogP contribution < -0.4 is 0 Å². The summed E-state index contributed by atoms with van der Waals surface area (Å²) in [6, 6.07) is 13.0. The Hall–Kier alpha value is -0.830. The maximum Gasteiger partial charge on any atom is 0.0465 e. The highest BCUT2D eigenvalue weighted by Gasteiger charge is 2.19. The van der Waals surface area contributed by atoms with Crippen LogP contribution in [0.25, 0.3) is 0 Å². The molecule has 0 bridgehead atoms. The SMILES string of the molecule is Cc1ccc(CN2CCc3cc(Br)cc(Cl)c3C2)cc1. The highest BCUT2D eigenvalue weighted by Crippen LogP contribution is 2.30. The van der Waals surface area contributed by atoms with Crippen molar-refractivity contribution < 1.29 is 0 Å². The third kappa shape index (κ3) is 3.08. The summed E-state index contributed by atoms with van der Waals surface area (Å²) < 4.78 is 1.08. The van der Waals surface area contributed by atoms with Gasteiger partial charge in [-0.1, -0.05) is 57.4 Å². The lowest BCUT2D eigenvalue weighted by atomic mass is 9.99. The number of fused-ring (bicyclic) bond motifs is 1. The fraction of sp³-hybridized carbons (Fsp3) is 0.294. The molecule has 1 aliphatic heterocycles. The van der Waals surface area contributed by atoms with E-state index in [2.05, 4.69) is 58.1 Å². The molecule has 0 saturated carbocycles. The first kappa shape index (κ1) is 14.1. The molecule has 0 unspecified atom stereocenters. The molecular formula is C17H17BrClN. The van der Waals surface area contributed by atoms with Gasteiger partial charge in [0.15, 0.2) is 0 Å². The number of hydrogen-bond acceptors (Lipinski definition) is 1. The number of benzene rings is 2. The van der Waals surface area contributed by atoms with Crippen LogP contribution >= 0.6 is 27.5 Å². The van der Waals surface area contributed by atoms with Gasteiger partial charge in [-0.3, -0.25) is 4.90 Å². The number of rotatable bonds is 2. The van der Waals surface area contributed by atoms with Crippen LogP contribution in [0, 0.1) is 6.92 Å². The minimum absolute atomic E-state index is 0.878. The minimum Gasteiger partial charge on any atom is -0.294 e. The van der Waals surface area contributed by atoms with Crippen LogP contribution in [0.1, 0.15) is 22.3 Å². The summed E-state index contributed by atoms with van der Waals surface area (Å²) in [5.74, 6) is 0. The number of nitrogens with zero attached hydrogens (tertiary/aromatic N) is 1. The summed E-state index contributed by atoms with van der Waals surface area (Å²) in [6.07, 6.45) is 1.07. The monoisotopic (exact) mass is 349 g/mol. The minimum atomic E-state index is 0.878. The Morgan fingerprint density at radius 3 is 2.70 bits per heavy atom. The summed E-state index contributed by atoms with van der Waals surface area (Å²) in [7, 11) is 0. The Balaban J connectivity index is 1.77. The Morgan fingerprint density at radius 2 is 1.95 bits per heavy atom. The van der Waals surface area contributed by atoms with Crippen LogP contribution in [0.4, 0.5) is 0 Å². The molecule has 0 aliphatic carbocycles. The smallest absolute Gasteiger partial charge is 0.0465 e. The van der Waals surface area contributed by atoms with Gasteiger partial charge in [0.1, 0.15) is 0 Å². The standard InChI is InChI=1S/C17H17BrClN/c1-12-2-4-13(5-3-12)10-20-7-6-14-8-15(18)9-17(19)16(14)11-20/h2-5,8-9H,6-7,10-11H2,1H3. The molecule has 2 aromatic rings. The zero-order valence-corrected chi connectivity index (χ0v) is 13.8. The molecule has 104 valence electrons. The van der Waals surface area contributed by atoms with Crippen molar-refractivity contribution in [3.05, 3.63) is 68.1 Å². The zero-order valence-electron chi connectivity index (χ0n) is 11.5. The van der Waals surface area contributed by atoms with Gasteiger partial charge in [-0.05, 0) is 42.2 Å². The van der Waals surface area contributed by atoms with Crippen LogP contribution in [0.3, 0.4) is 0 Å². The van der Waals surface area contributed by atoms with Crippen molar-refractivity contribution >= 4 is 27.5 Å². The van der Waals surface area contributed by atoms with E-state index in [0.717, 1.165) is 35.6 Å². The van der Waals surface area contributed by atoms with Gasteiger partial charge >= 0.3 is 0 Å². The average molecular weight is 351 g/mol. The van der Waals surface area contributed by atoms with Gasteiger partial charge in [0.25, 0.3) is 0 Å². The van der Waals surface area contributed by atoms with E-state index < -0.39 is 0 Å². The maximum atomic E-state index is 6.38. The lowest BCUT2D eigenvalue weighted by molar-refractivity contribution is 0.245. The summed E-state index contributed by atoms with van der Waals surface area (Å²) in [5.41, 5.74) is 5.34. The highest BCUT2D eigenvalue weighted by atomic mass is 79.9. The molecule has 1 heterocycles. The first-order valence-electron chi connectivity index (χ1n) is 6.86. The van der Waals surface area contributed by atoms with E-state index in [-0.39, 0.29) is 0 Å². The molecular weight excluding hydrogens is 334 g/mol. The summed E-state index contributed by atoms with van der Waals surface area (Å²) >= 11 is 9.90. The molecule has 0 amide bonds. The normalized spacial score (nSPS) is 15.2. The molecule has 0 aromatic heterocycles.